The van der Waals surface area contributed by atoms with Crippen LogP contribution in [-0.4, -0.2) is 39.7 Å². The summed E-state index contributed by atoms with van der Waals surface area (Å²) in [6.07, 6.45) is -5.13. The molecule has 14 heavy (non-hydrogen) atoms. The van der Waals surface area contributed by atoms with Gasteiger partial charge in [0.15, 0.2) is 4.17 Å². The monoisotopic (exact) mass is 329 g/mol. The summed E-state index contributed by atoms with van der Waals surface area (Å²) in [5.41, 5.74) is 0. The van der Waals surface area contributed by atoms with E-state index in [9.17, 15) is 22.0 Å². The van der Waals surface area contributed by atoms with Gasteiger partial charge in [0, 0.05) is 7.05 Å². The van der Waals surface area contributed by atoms with Gasteiger partial charge in [0.05, 0.1) is 0 Å². The second kappa shape index (κ2) is 3.35. The molecule has 0 radical (unpaired) electrons. The van der Waals surface area contributed by atoms with Crippen molar-refractivity contribution in [1.82, 2.24) is 9.91 Å². The minimum atomic E-state index is -5.60. The third-order valence-corrected chi connectivity index (χ3v) is 2.97. The third-order valence-electron chi connectivity index (χ3n) is 1.56. The molecule has 1 aliphatic heterocycles. The predicted octanol–water partition coefficient (Wildman–Crippen LogP) is 2.05. The van der Waals surface area contributed by atoms with E-state index < -0.39 is 16.4 Å². The van der Waals surface area contributed by atoms with E-state index in [-0.39, 0.29) is 4.90 Å². The lowest BCUT2D eigenvalue weighted by Gasteiger charge is -2.31. The van der Waals surface area contributed by atoms with Gasteiger partial charge in [-0.25, -0.2) is 0 Å². The lowest BCUT2D eigenvalue weighted by Crippen LogP contribution is -2.54. The number of nitrogens with zero attached hydrogens (tertiary/aromatic N) is 3. The zero-order chi connectivity index (χ0) is 11.1. The third kappa shape index (κ3) is 1.73. The van der Waals surface area contributed by atoms with Gasteiger partial charge in [0.2, 0.25) is 0 Å². The summed E-state index contributed by atoms with van der Waals surface area (Å²) in [4.78, 5) is -0.145. The number of hydrazone groups is 1. The van der Waals surface area contributed by atoms with Gasteiger partial charge in [0.25, 0.3) is 0 Å². The Morgan fingerprint density at radius 3 is 2.07 bits per heavy atom. The molecule has 0 saturated heterocycles. The molecule has 0 spiro atoms. The second-order valence-electron chi connectivity index (χ2n) is 2.56. The largest absolute Gasteiger partial charge is 0.475 e. The highest BCUT2D eigenvalue weighted by atomic mass is 127. The summed E-state index contributed by atoms with van der Waals surface area (Å²) in [6.45, 7) is 0. The fourth-order valence-electron chi connectivity index (χ4n) is 0.780. The molecule has 9 heteroatoms. The van der Waals surface area contributed by atoms with Gasteiger partial charge in [-0.1, -0.05) is 0 Å². The Kier molecular flexibility index (Phi) is 2.80. The predicted molar refractivity (Wildman–Crippen MR) is 46.9 cm³/mol. The van der Waals surface area contributed by atoms with Crippen LogP contribution in [-0.2, 0) is 0 Å². The van der Waals surface area contributed by atoms with E-state index in [1.165, 1.54) is 29.6 Å². The van der Waals surface area contributed by atoms with Crippen LogP contribution in [0.1, 0.15) is 0 Å². The topological polar surface area (TPSA) is 18.8 Å². The van der Waals surface area contributed by atoms with Crippen LogP contribution in [0.3, 0.4) is 0 Å². The molecule has 1 atom stereocenters. The minimum absolute atomic E-state index is 0.145. The zero-order valence-corrected chi connectivity index (χ0v) is 8.92. The van der Waals surface area contributed by atoms with Gasteiger partial charge < -0.3 is 0 Å². The van der Waals surface area contributed by atoms with Gasteiger partial charge in [-0.3, -0.25) is 9.91 Å². The molecular weight excluding hydrogens is 324 g/mol. The first kappa shape index (κ1) is 11.7. The van der Waals surface area contributed by atoms with Crippen LogP contribution in [0, 0.1) is 0 Å². The van der Waals surface area contributed by atoms with Gasteiger partial charge in [0.1, 0.15) is 6.34 Å². The van der Waals surface area contributed by atoms with Crippen molar-refractivity contribution >= 4 is 28.9 Å². The van der Waals surface area contributed by atoms with Crippen molar-refractivity contribution in [2.45, 2.75) is 16.4 Å². The van der Waals surface area contributed by atoms with Crippen LogP contribution < -0.4 is 0 Å². The molecule has 1 heterocycles. The van der Waals surface area contributed by atoms with Crippen molar-refractivity contribution in [3.8, 4) is 0 Å². The highest BCUT2D eigenvalue weighted by molar-refractivity contribution is 14.1. The van der Waals surface area contributed by atoms with E-state index in [1.807, 2.05) is 0 Å². The van der Waals surface area contributed by atoms with Gasteiger partial charge in [-0.05, 0) is 22.6 Å². The van der Waals surface area contributed by atoms with E-state index in [4.69, 9.17) is 0 Å². The van der Waals surface area contributed by atoms with Crippen LogP contribution in [0.2, 0.25) is 0 Å². The Balaban J connectivity index is 2.90. The number of alkyl halides is 6. The molecule has 82 valence electrons. The van der Waals surface area contributed by atoms with Gasteiger partial charge in [-0.2, -0.15) is 27.1 Å². The maximum Gasteiger partial charge on any atom is 0.475 e. The van der Waals surface area contributed by atoms with Crippen LogP contribution >= 0.6 is 22.6 Å². The summed E-state index contributed by atoms with van der Waals surface area (Å²) >= 11 is 1.43. The van der Waals surface area contributed by atoms with E-state index >= 15 is 0 Å². The fourth-order valence-corrected chi connectivity index (χ4v) is 1.42. The van der Waals surface area contributed by atoms with Crippen LogP contribution in [0.15, 0.2) is 5.10 Å². The van der Waals surface area contributed by atoms with Gasteiger partial charge in [-0.15, -0.1) is 0 Å². The summed E-state index contributed by atoms with van der Waals surface area (Å²) < 4.78 is 60.1. The number of rotatable bonds is 1. The van der Waals surface area contributed by atoms with E-state index in [1.54, 1.807) is 0 Å². The molecule has 0 N–H and O–H groups in total. The molecule has 1 unspecified atom stereocenters. The first-order chi connectivity index (χ1) is 6.18. The van der Waals surface area contributed by atoms with Crippen molar-refractivity contribution in [3.05, 3.63) is 0 Å². The molecule has 0 bridgehead atoms. The smallest absolute Gasteiger partial charge is 0.267 e. The van der Waals surface area contributed by atoms with E-state index in [0.29, 0.717) is 6.34 Å². The number of hydrogen-bond acceptors (Lipinski definition) is 3. The molecular formula is C5H5F5IN3. The molecule has 0 aromatic heterocycles. The lowest BCUT2D eigenvalue weighted by molar-refractivity contribution is -0.327. The number of halogens is 6. The normalized spacial score (nSPS) is 23.5. The zero-order valence-electron chi connectivity index (χ0n) is 6.76. The highest BCUT2D eigenvalue weighted by Gasteiger charge is 2.63. The van der Waals surface area contributed by atoms with E-state index in [2.05, 4.69) is 5.10 Å². The average Bonchev–Trinajstić information content (AvgIpc) is 2.30. The quantitative estimate of drug-likeness (QED) is 0.317. The molecule has 0 aromatic carbocycles. The van der Waals surface area contributed by atoms with Gasteiger partial charge >= 0.3 is 12.2 Å². The summed E-state index contributed by atoms with van der Waals surface area (Å²) in [7, 11) is 1.31. The van der Waals surface area contributed by atoms with Crippen LogP contribution in [0.4, 0.5) is 22.0 Å². The van der Waals surface area contributed by atoms with Crippen molar-refractivity contribution < 1.29 is 22.0 Å². The Labute approximate surface area is 89.7 Å². The van der Waals surface area contributed by atoms with Crippen molar-refractivity contribution in [3.63, 3.8) is 0 Å². The molecule has 3 nitrogen and oxygen atoms in total. The van der Waals surface area contributed by atoms with Crippen molar-refractivity contribution in [1.29, 1.82) is 0 Å². The summed E-state index contributed by atoms with van der Waals surface area (Å²) in [6, 6.07) is -4.90. The lowest BCUT2D eigenvalue weighted by atomic mass is 10.5. The van der Waals surface area contributed by atoms with Crippen molar-refractivity contribution in [2.75, 3.05) is 7.05 Å². The molecule has 0 fully saturated rings. The van der Waals surface area contributed by atoms with Crippen molar-refractivity contribution in [2.24, 2.45) is 5.10 Å². The second-order valence-corrected chi connectivity index (χ2v) is 3.68. The minimum Gasteiger partial charge on any atom is -0.267 e. The Bertz CT molecular complexity index is 252. The SMILES string of the molecule is CN1N=CN(C(F)(F)C(F)(F)F)C1I. The fraction of sp³-hybridized carbons (Fsp3) is 0.800. The highest BCUT2D eigenvalue weighted by Crippen LogP contribution is 2.41. The first-order valence-corrected chi connectivity index (χ1v) is 4.56. The maximum absolute atomic E-state index is 12.7. The Morgan fingerprint density at radius 1 is 1.29 bits per heavy atom. The average molecular weight is 329 g/mol. The molecule has 0 aliphatic carbocycles. The number of hydrogen-bond donors (Lipinski definition) is 0. The maximum atomic E-state index is 12.7. The van der Waals surface area contributed by atoms with Crippen LogP contribution in [0.5, 0.6) is 0 Å². The Hall–Kier alpha value is -0.350. The molecule has 1 aliphatic rings. The first-order valence-electron chi connectivity index (χ1n) is 3.32. The summed E-state index contributed by atoms with van der Waals surface area (Å²) in [5.74, 6) is 0. The molecule has 0 saturated carbocycles. The summed E-state index contributed by atoms with van der Waals surface area (Å²) in [5, 5.41) is 4.33. The molecule has 0 aromatic rings. The molecule has 1 rings (SSSR count). The molecule has 0 amide bonds. The van der Waals surface area contributed by atoms with Crippen LogP contribution in [0.25, 0.3) is 0 Å². The Morgan fingerprint density at radius 2 is 1.79 bits per heavy atom. The standard InChI is InChI=1S/C5H5F5IN3/c1-13-3(11)14(2-12-13)5(9,10)4(6,7)8/h2-3H,1H3. The van der Waals surface area contributed by atoms with E-state index in [0.717, 1.165) is 5.01 Å².